The Bertz CT molecular complexity index is 964. The lowest BCUT2D eigenvalue weighted by Gasteiger charge is -2.13. The van der Waals surface area contributed by atoms with E-state index in [2.05, 4.69) is 24.5 Å². The number of rotatable bonds is 6. The van der Waals surface area contributed by atoms with E-state index in [1.165, 1.54) is 24.0 Å². The van der Waals surface area contributed by atoms with Gasteiger partial charge in [0.1, 0.15) is 5.75 Å². The van der Waals surface area contributed by atoms with Crippen LogP contribution in [0, 0.1) is 0 Å². The van der Waals surface area contributed by atoms with Crippen LogP contribution < -0.4 is 15.4 Å². The van der Waals surface area contributed by atoms with Crippen molar-refractivity contribution in [3.8, 4) is 5.75 Å². The molecule has 2 aromatic carbocycles. The van der Waals surface area contributed by atoms with E-state index in [4.69, 9.17) is 4.74 Å². The molecule has 0 unspecified atom stereocenters. The number of carbonyl (C=O) groups is 2. The van der Waals surface area contributed by atoms with Crippen molar-refractivity contribution in [1.29, 1.82) is 0 Å². The van der Waals surface area contributed by atoms with Crippen molar-refractivity contribution < 1.29 is 14.3 Å². The molecular weight excluding hydrogens is 372 g/mol. The van der Waals surface area contributed by atoms with Crippen molar-refractivity contribution in [3.05, 3.63) is 76.0 Å². The molecule has 3 aromatic rings. The van der Waals surface area contributed by atoms with Gasteiger partial charge in [0.25, 0.3) is 11.8 Å². The molecular formula is C22H22N2O3S. The smallest absolute Gasteiger partial charge is 0.265 e. The Morgan fingerprint density at radius 1 is 0.964 bits per heavy atom. The molecule has 0 bridgehead atoms. The Morgan fingerprint density at radius 3 is 2.32 bits per heavy atom. The van der Waals surface area contributed by atoms with Gasteiger partial charge in [-0.25, -0.2) is 0 Å². The predicted molar refractivity (Wildman–Crippen MR) is 114 cm³/mol. The summed E-state index contributed by atoms with van der Waals surface area (Å²) in [6.07, 6.45) is 0. The van der Waals surface area contributed by atoms with Crippen LogP contribution in [0.15, 0.2) is 60.0 Å². The molecule has 2 N–H and O–H groups in total. The molecule has 1 heterocycles. The highest BCUT2D eigenvalue weighted by Gasteiger charge is 2.13. The van der Waals surface area contributed by atoms with Crippen LogP contribution in [0.1, 0.15) is 45.4 Å². The summed E-state index contributed by atoms with van der Waals surface area (Å²) in [5.74, 6) is 0.485. The van der Waals surface area contributed by atoms with E-state index >= 15 is 0 Å². The maximum Gasteiger partial charge on any atom is 0.265 e. The standard InChI is InChI=1S/C22H22N2O3S/c1-14(2)15-6-8-16(9-7-15)21(25)23-17-10-11-18(19(13-17)27-3)24-22(26)20-5-4-12-28-20/h4-14H,1-3H3,(H,23,25)(H,24,26). The molecule has 1 aromatic heterocycles. The van der Waals surface area contributed by atoms with Gasteiger partial charge >= 0.3 is 0 Å². The summed E-state index contributed by atoms with van der Waals surface area (Å²) in [5, 5.41) is 7.53. The molecule has 2 amide bonds. The normalized spacial score (nSPS) is 10.6. The third-order valence-corrected chi connectivity index (χ3v) is 5.16. The fourth-order valence-electron chi connectivity index (χ4n) is 2.69. The van der Waals surface area contributed by atoms with Crippen LogP contribution in [0.3, 0.4) is 0 Å². The molecule has 0 spiro atoms. The van der Waals surface area contributed by atoms with Gasteiger partial charge in [-0.3, -0.25) is 9.59 Å². The Labute approximate surface area is 168 Å². The van der Waals surface area contributed by atoms with E-state index in [0.717, 1.165) is 0 Å². The second-order valence-electron chi connectivity index (χ2n) is 6.58. The van der Waals surface area contributed by atoms with Crippen LogP contribution >= 0.6 is 11.3 Å². The van der Waals surface area contributed by atoms with E-state index < -0.39 is 0 Å². The van der Waals surface area contributed by atoms with Crippen LogP contribution in [0.2, 0.25) is 0 Å². The Hall–Kier alpha value is -3.12. The molecule has 0 aliphatic heterocycles. The van der Waals surface area contributed by atoms with Crippen molar-refractivity contribution in [2.24, 2.45) is 0 Å². The molecule has 6 heteroatoms. The SMILES string of the molecule is COc1cc(NC(=O)c2ccc(C(C)C)cc2)ccc1NC(=O)c1cccs1. The largest absolute Gasteiger partial charge is 0.494 e. The molecule has 0 fully saturated rings. The monoisotopic (exact) mass is 394 g/mol. The fraction of sp³-hybridized carbons (Fsp3) is 0.182. The minimum atomic E-state index is -0.201. The van der Waals surface area contributed by atoms with Gasteiger partial charge in [0.15, 0.2) is 0 Å². The van der Waals surface area contributed by atoms with Crippen molar-refractivity contribution in [2.45, 2.75) is 19.8 Å². The summed E-state index contributed by atoms with van der Waals surface area (Å²) in [6.45, 7) is 4.22. The van der Waals surface area contributed by atoms with E-state index in [1.807, 2.05) is 35.7 Å². The second kappa shape index (κ2) is 8.71. The van der Waals surface area contributed by atoms with Crippen molar-refractivity contribution in [2.75, 3.05) is 17.7 Å². The number of methoxy groups -OCH3 is 1. The molecule has 0 aliphatic rings. The number of hydrogen-bond donors (Lipinski definition) is 2. The Morgan fingerprint density at radius 2 is 1.71 bits per heavy atom. The number of amides is 2. The highest BCUT2D eigenvalue weighted by molar-refractivity contribution is 7.12. The second-order valence-corrected chi connectivity index (χ2v) is 7.53. The lowest BCUT2D eigenvalue weighted by atomic mass is 10.0. The zero-order valence-corrected chi connectivity index (χ0v) is 16.8. The molecule has 0 radical (unpaired) electrons. The number of ether oxygens (including phenoxy) is 1. The maximum atomic E-state index is 12.5. The van der Waals surface area contributed by atoms with Gasteiger partial charge in [0.05, 0.1) is 17.7 Å². The first kappa shape index (κ1) is 19.6. The average molecular weight is 394 g/mol. The van der Waals surface area contributed by atoms with E-state index in [-0.39, 0.29) is 11.8 Å². The van der Waals surface area contributed by atoms with Gasteiger partial charge < -0.3 is 15.4 Å². The van der Waals surface area contributed by atoms with Crippen LogP contribution in [0.5, 0.6) is 5.75 Å². The lowest BCUT2D eigenvalue weighted by molar-refractivity contribution is 0.102. The van der Waals surface area contributed by atoms with Gasteiger partial charge in [-0.05, 0) is 47.2 Å². The minimum absolute atomic E-state index is 0.199. The Balaban J connectivity index is 1.72. The Kier molecular flexibility index (Phi) is 6.11. The van der Waals surface area contributed by atoms with Gasteiger partial charge in [0, 0.05) is 17.3 Å². The topological polar surface area (TPSA) is 67.4 Å². The molecule has 0 saturated heterocycles. The van der Waals surface area contributed by atoms with Crippen molar-refractivity contribution in [3.63, 3.8) is 0 Å². The molecule has 5 nitrogen and oxygen atoms in total. The van der Waals surface area contributed by atoms with E-state index in [1.54, 1.807) is 24.3 Å². The first-order chi connectivity index (χ1) is 13.5. The van der Waals surface area contributed by atoms with Crippen molar-refractivity contribution >= 4 is 34.5 Å². The van der Waals surface area contributed by atoms with Crippen LogP contribution in [0.25, 0.3) is 0 Å². The third-order valence-electron chi connectivity index (χ3n) is 4.29. The number of benzene rings is 2. The quantitative estimate of drug-likeness (QED) is 0.589. The molecule has 0 aliphatic carbocycles. The van der Waals surface area contributed by atoms with Gasteiger partial charge in [-0.1, -0.05) is 32.0 Å². The minimum Gasteiger partial charge on any atom is -0.494 e. The van der Waals surface area contributed by atoms with Gasteiger partial charge in [-0.2, -0.15) is 0 Å². The zero-order chi connectivity index (χ0) is 20.1. The highest BCUT2D eigenvalue weighted by atomic mass is 32.1. The molecule has 28 heavy (non-hydrogen) atoms. The molecule has 0 saturated carbocycles. The highest BCUT2D eigenvalue weighted by Crippen LogP contribution is 2.29. The van der Waals surface area contributed by atoms with Crippen LogP contribution in [-0.4, -0.2) is 18.9 Å². The van der Waals surface area contributed by atoms with Gasteiger partial charge in [0.2, 0.25) is 0 Å². The van der Waals surface area contributed by atoms with Crippen LogP contribution in [-0.2, 0) is 0 Å². The van der Waals surface area contributed by atoms with Crippen LogP contribution in [0.4, 0.5) is 11.4 Å². The summed E-state index contributed by atoms with van der Waals surface area (Å²) < 4.78 is 5.37. The number of nitrogens with one attached hydrogen (secondary N) is 2. The summed E-state index contributed by atoms with van der Waals surface area (Å²) in [6, 6.07) is 16.3. The number of hydrogen-bond acceptors (Lipinski definition) is 4. The summed E-state index contributed by atoms with van der Waals surface area (Å²) in [5.41, 5.74) is 2.89. The first-order valence-electron chi connectivity index (χ1n) is 8.92. The molecule has 144 valence electrons. The maximum absolute atomic E-state index is 12.5. The van der Waals surface area contributed by atoms with Crippen molar-refractivity contribution in [1.82, 2.24) is 0 Å². The zero-order valence-electron chi connectivity index (χ0n) is 16.0. The predicted octanol–water partition coefficient (Wildman–Crippen LogP) is 5.38. The number of carbonyl (C=O) groups excluding carboxylic acids is 2. The third kappa shape index (κ3) is 4.58. The molecule has 3 rings (SSSR count). The van der Waals surface area contributed by atoms with E-state index in [9.17, 15) is 9.59 Å². The lowest BCUT2D eigenvalue weighted by Crippen LogP contribution is -2.13. The summed E-state index contributed by atoms with van der Waals surface area (Å²) in [7, 11) is 1.52. The average Bonchev–Trinajstić information content (AvgIpc) is 3.24. The number of anilines is 2. The van der Waals surface area contributed by atoms with E-state index in [0.29, 0.717) is 33.5 Å². The van der Waals surface area contributed by atoms with Gasteiger partial charge in [-0.15, -0.1) is 11.3 Å². The molecule has 0 atom stereocenters. The fourth-order valence-corrected chi connectivity index (χ4v) is 3.31. The number of thiophene rings is 1. The summed E-state index contributed by atoms with van der Waals surface area (Å²) >= 11 is 1.37. The first-order valence-corrected chi connectivity index (χ1v) is 9.80. The summed E-state index contributed by atoms with van der Waals surface area (Å²) in [4.78, 5) is 25.3.